The number of hydrogen-bond donors (Lipinski definition) is 2. The smallest absolute Gasteiger partial charge is 0.105 e. The number of aliphatic hydroxyl groups is 1. The molecule has 0 bridgehead atoms. The lowest BCUT2D eigenvalue weighted by atomic mass is 10.5. The molecule has 0 heterocycles. The maximum Gasteiger partial charge on any atom is 0.105 e. The number of aliphatic hydroxyl groups excluding tert-OH is 1. The van der Waals surface area contributed by atoms with Gasteiger partial charge in [-0.05, 0) is 11.8 Å². The molecule has 0 saturated heterocycles. The second kappa shape index (κ2) is 6.04. The van der Waals surface area contributed by atoms with Gasteiger partial charge in [-0.25, -0.2) is 0 Å². The molecule has 0 aliphatic carbocycles. The van der Waals surface area contributed by atoms with Crippen molar-refractivity contribution in [3.8, 4) is 23.7 Å². The van der Waals surface area contributed by atoms with E-state index >= 15 is 0 Å². The van der Waals surface area contributed by atoms with Gasteiger partial charge in [0.15, 0.2) is 0 Å². The molecular weight excluding hydrogens is 102 g/mol. The summed E-state index contributed by atoms with van der Waals surface area (Å²) in [6.45, 7) is 0.180. The highest BCUT2D eigenvalue weighted by Crippen LogP contribution is 1.50. The topological polar surface area (TPSA) is 46.2 Å². The number of hydrogen-bond acceptors (Lipinski definition) is 2. The SMILES string of the molecule is NCC#CC#CCO. The quantitative estimate of drug-likeness (QED) is 0.390. The van der Waals surface area contributed by atoms with E-state index in [0.29, 0.717) is 6.54 Å². The minimum Gasteiger partial charge on any atom is -0.384 e. The summed E-state index contributed by atoms with van der Waals surface area (Å²) in [5, 5.41) is 8.09. The summed E-state index contributed by atoms with van der Waals surface area (Å²) >= 11 is 0. The van der Waals surface area contributed by atoms with Crippen LogP contribution in [-0.2, 0) is 0 Å². The predicted molar refractivity (Wildman–Crippen MR) is 31.7 cm³/mol. The molecule has 8 heavy (non-hydrogen) atoms. The molecule has 0 rings (SSSR count). The first-order valence-electron chi connectivity index (χ1n) is 2.18. The summed E-state index contributed by atoms with van der Waals surface area (Å²) in [6, 6.07) is 0. The molecule has 2 nitrogen and oxygen atoms in total. The molecule has 0 aromatic carbocycles. The first-order valence-corrected chi connectivity index (χ1v) is 2.18. The zero-order chi connectivity index (χ0) is 6.24. The predicted octanol–water partition coefficient (Wildman–Crippen LogP) is -1.06. The van der Waals surface area contributed by atoms with Gasteiger partial charge >= 0.3 is 0 Å². The van der Waals surface area contributed by atoms with E-state index in [0.717, 1.165) is 0 Å². The Bertz CT molecular complexity index is 133. The van der Waals surface area contributed by atoms with E-state index in [-0.39, 0.29) is 6.61 Å². The maximum atomic E-state index is 8.09. The van der Waals surface area contributed by atoms with Crippen molar-refractivity contribution in [2.24, 2.45) is 5.73 Å². The van der Waals surface area contributed by atoms with Crippen LogP contribution in [0.4, 0.5) is 0 Å². The van der Waals surface area contributed by atoms with Gasteiger partial charge in [-0.1, -0.05) is 11.8 Å². The van der Waals surface area contributed by atoms with Crippen LogP contribution in [0.15, 0.2) is 0 Å². The van der Waals surface area contributed by atoms with Crippen LogP contribution in [-0.4, -0.2) is 18.3 Å². The highest BCUT2D eigenvalue weighted by molar-refractivity contribution is 5.26. The molecule has 0 atom stereocenters. The Morgan fingerprint density at radius 1 is 1.25 bits per heavy atom. The van der Waals surface area contributed by atoms with Crippen molar-refractivity contribution in [2.75, 3.05) is 13.2 Å². The lowest BCUT2D eigenvalue weighted by molar-refractivity contribution is 0.350. The van der Waals surface area contributed by atoms with Gasteiger partial charge in [-0.2, -0.15) is 0 Å². The van der Waals surface area contributed by atoms with Crippen LogP contribution in [0.25, 0.3) is 0 Å². The lowest BCUT2D eigenvalue weighted by Crippen LogP contribution is -1.92. The Morgan fingerprint density at radius 2 is 1.88 bits per heavy atom. The molecule has 0 amide bonds. The first-order chi connectivity index (χ1) is 3.91. The third kappa shape index (κ3) is 5.04. The fourth-order valence-corrected chi connectivity index (χ4v) is 0.179. The van der Waals surface area contributed by atoms with Gasteiger partial charge in [0.2, 0.25) is 0 Å². The molecule has 0 aliphatic heterocycles. The standard InChI is InChI=1S/C6H7NO/c7-5-3-1-2-4-6-8/h8H,5-7H2. The van der Waals surface area contributed by atoms with Crippen LogP contribution in [0, 0.1) is 23.7 Å². The Hall–Kier alpha value is -0.960. The lowest BCUT2D eigenvalue weighted by Gasteiger charge is -1.64. The largest absolute Gasteiger partial charge is 0.384 e. The van der Waals surface area contributed by atoms with Crippen molar-refractivity contribution in [1.82, 2.24) is 0 Å². The molecule has 0 fully saturated rings. The molecule has 0 aromatic rings. The van der Waals surface area contributed by atoms with E-state index in [4.69, 9.17) is 10.8 Å². The van der Waals surface area contributed by atoms with Crippen molar-refractivity contribution in [3.05, 3.63) is 0 Å². The second-order valence-corrected chi connectivity index (χ2v) is 0.966. The van der Waals surface area contributed by atoms with Crippen molar-refractivity contribution < 1.29 is 5.11 Å². The number of rotatable bonds is 0. The van der Waals surface area contributed by atoms with Crippen molar-refractivity contribution in [3.63, 3.8) is 0 Å². The van der Waals surface area contributed by atoms with Crippen LogP contribution < -0.4 is 5.73 Å². The van der Waals surface area contributed by atoms with Gasteiger partial charge in [0.05, 0.1) is 6.54 Å². The minimum atomic E-state index is -0.140. The van der Waals surface area contributed by atoms with E-state index in [2.05, 4.69) is 23.7 Å². The van der Waals surface area contributed by atoms with Crippen molar-refractivity contribution >= 4 is 0 Å². The van der Waals surface area contributed by atoms with E-state index in [9.17, 15) is 0 Å². The number of nitrogens with two attached hydrogens (primary N) is 1. The molecule has 0 aromatic heterocycles. The average molecular weight is 109 g/mol. The Morgan fingerprint density at radius 3 is 2.38 bits per heavy atom. The van der Waals surface area contributed by atoms with Crippen LogP contribution in [0.3, 0.4) is 0 Å². The van der Waals surface area contributed by atoms with E-state index in [1.54, 1.807) is 0 Å². The summed E-state index contributed by atoms with van der Waals surface area (Å²) in [5.41, 5.74) is 5.01. The molecule has 0 spiro atoms. The minimum absolute atomic E-state index is 0.140. The fraction of sp³-hybridized carbons (Fsp3) is 0.333. The summed E-state index contributed by atoms with van der Waals surface area (Å²) in [5.74, 6) is 9.72. The Balaban J connectivity index is 3.40. The molecular formula is C6H7NO. The van der Waals surface area contributed by atoms with Crippen LogP contribution >= 0.6 is 0 Å². The Labute approximate surface area is 48.7 Å². The molecule has 0 radical (unpaired) electrons. The van der Waals surface area contributed by atoms with Gasteiger partial charge in [-0.3, -0.25) is 0 Å². The van der Waals surface area contributed by atoms with E-state index in [1.807, 2.05) is 0 Å². The van der Waals surface area contributed by atoms with E-state index in [1.165, 1.54) is 0 Å². The zero-order valence-corrected chi connectivity index (χ0v) is 4.44. The molecule has 0 saturated carbocycles. The van der Waals surface area contributed by atoms with Gasteiger partial charge in [0.1, 0.15) is 6.61 Å². The van der Waals surface area contributed by atoms with Gasteiger partial charge in [0, 0.05) is 0 Å². The highest BCUT2D eigenvalue weighted by Gasteiger charge is 1.57. The fourth-order valence-electron chi connectivity index (χ4n) is 0.179. The molecule has 2 heteroatoms. The highest BCUT2D eigenvalue weighted by atomic mass is 16.2. The van der Waals surface area contributed by atoms with Crippen LogP contribution in [0.5, 0.6) is 0 Å². The summed E-state index contributed by atoms with van der Waals surface area (Å²) in [4.78, 5) is 0. The summed E-state index contributed by atoms with van der Waals surface area (Å²) in [7, 11) is 0. The third-order valence-electron chi connectivity index (χ3n) is 0.420. The van der Waals surface area contributed by atoms with Crippen LogP contribution in [0.1, 0.15) is 0 Å². The molecule has 0 aliphatic rings. The Kier molecular flexibility index (Phi) is 5.32. The van der Waals surface area contributed by atoms with Gasteiger partial charge in [0.25, 0.3) is 0 Å². The monoisotopic (exact) mass is 109 g/mol. The maximum absolute atomic E-state index is 8.09. The molecule has 3 N–H and O–H groups in total. The summed E-state index contributed by atoms with van der Waals surface area (Å²) in [6.07, 6.45) is 0. The van der Waals surface area contributed by atoms with Crippen molar-refractivity contribution in [2.45, 2.75) is 0 Å². The average Bonchev–Trinajstić information content (AvgIpc) is 1.81. The molecule has 42 valence electrons. The van der Waals surface area contributed by atoms with Crippen molar-refractivity contribution in [1.29, 1.82) is 0 Å². The van der Waals surface area contributed by atoms with Crippen LogP contribution in [0.2, 0.25) is 0 Å². The molecule has 0 unspecified atom stereocenters. The van der Waals surface area contributed by atoms with Gasteiger partial charge < -0.3 is 10.8 Å². The van der Waals surface area contributed by atoms with Gasteiger partial charge in [-0.15, -0.1) is 0 Å². The van der Waals surface area contributed by atoms with E-state index < -0.39 is 0 Å². The zero-order valence-electron chi connectivity index (χ0n) is 4.44. The normalized spacial score (nSPS) is 5.75. The second-order valence-electron chi connectivity index (χ2n) is 0.966. The summed E-state index contributed by atoms with van der Waals surface area (Å²) < 4.78 is 0. The third-order valence-corrected chi connectivity index (χ3v) is 0.420. The first kappa shape index (κ1) is 7.04.